The SMILES string of the molecule is CC(Sc1nc(-c2ccccc2)cs1)C(=O)Nc1ccccc1C(F)(F)F. The molecule has 0 saturated heterocycles. The summed E-state index contributed by atoms with van der Waals surface area (Å²) in [7, 11) is 0. The van der Waals surface area contributed by atoms with E-state index in [1.807, 2.05) is 35.7 Å². The fourth-order valence-electron chi connectivity index (χ4n) is 2.33. The standard InChI is InChI=1S/C19H15F3N2OS2/c1-12(17(25)23-15-10-6-5-9-14(15)19(20,21)22)27-18-24-16(11-26-18)13-7-3-2-4-8-13/h2-12H,1H3,(H,23,25). The maximum atomic E-state index is 13.0. The Balaban J connectivity index is 1.68. The van der Waals surface area contributed by atoms with Gasteiger partial charge in [0.1, 0.15) is 0 Å². The van der Waals surface area contributed by atoms with Crippen LogP contribution < -0.4 is 5.32 Å². The smallest absolute Gasteiger partial charge is 0.325 e. The lowest BCUT2D eigenvalue weighted by molar-refractivity contribution is -0.137. The van der Waals surface area contributed by atoms with Gasteiger partial charge in [-0.3, -0.25) is 4.79 Å². The molecule has 3 rings (SSSR count). The Kier molecular flexibility index (Phi) is 5.86. The van der Waals surface area contributed by atoms with Crippen molar-refractivity contribution in [3.05, 3.63) is 65.5 Å². The van der Waals surface area contributed by atoms with Crippen molar-refractivity contribution in [1.29, 1.82) is 0 Å². The van der Waals surface area contributed by atoms with E-state index in [4.69, 9.17) is 0 Å². The van der Waals surface area contributed by atoms with Crippen LogP contribution in [-0.2, 0) is 11.0 Å². The molecule has 3 nitrogen and oxygen atoms in total. The second kappa shape index (κ2) is 8.14. The molecule has 0 bridgehead atoms. The highest BCUT2D eigenvalue weighted by Crippen LogP contribution is 2.35. The predicted molar refractivity (Wildman–Crippen MR) is 103 cm³/mol. The van der Waals surface area contributed by atoms with Gasteiger partial charge in [0.25, 0.3) is 0 Å². The zero-order valence-electron chi connectivity index (χ0n) is 14.2. The van der Waals surface area contributed by atoms with Gasteiger partial charge >= 0.3 is 6.18 Å². The summed E-state index contributed by atoms with van der Waals surface area (Å²) in [5.74, 6) is -0.506. The maximum absolute atomic E-state index is 13.0. The van der Waals surface area contributed by atoms with E-state index in [1.165, 1.54) is 41.3 Å². The molecule has 1 aromatic heterocycles. The number of halogens is 3. The number of aromatic nitrogens is 1. The van der Waals surface area contributed by atoms with Crippen molar-refractivity contribution >= 4 is 34.7 Å². The minimum atomic E-state index is -4.53. The van der Waals surface area contributed by atoms with Gasteiger partial charge < -0.3 is 5.32 Å². The Morgan fingerprint density at radius 2 is 1.78 bits per heavy atom. The van der Waals surface area contributed by atoms with E-state index < -0.39 is 22.9 Å². The third kappa shape index (κ3) is 4.90. The van der Waals surface area contributed by atoms with Crippen LogP contribution in [0.3, 0.4) is 0 Å². The first-order valence-corrected chi connectivity index (χ1v) is 9.75. The van der Waals surface area contributed by atoms with Crippen molar-refractivity contribution < 1.29 is 18.0 Å². The summed E-state index contributed by atoms with van der Waals surface area (Å²) >= 11 is 2.61. The summed E-state index contributed by atoms with van der Waals surface area (Å²) in [4.78, 5) is 16.8. The Hall–Kier alpha value is -2.32. The highest BCUT2D eigenvalue weighted by Gasteiger charge is 2.34. The van der Waals surface area contributed by atoms with Crippen LogP contribution in [0.5, 0.6) is 0 Å². The molecule has 0 fully saturated rings. The Labute approximate surface area is 162 Å². The molecule has 0 aliphatic carbocycles. The van der Waals surface area contributed by atoms with Gasteiger partial charge in [0, 0.05) is 10.9 Å². The summed E-state index contributed by atoms with van der Waals surface area (Å²) in [5.41, 5.74) is 0.665. The molecular weight excluding hydrogens is 393 g/mol. The quantitative estimate of drug-likeness (QED) is 0.531. The van der Waals surface area contributed by atoms with Gasteiger partial charge in [-0.2, -0.15) is 13.2 Å². The van der Waals surface area contributed by atoms with Gasteiger partial charge in [-0.25, -0.2) is 4.98 Å². The van der Waals surface area contributed by atoms with Gasteiger partial charge in [0.2, 0.25) is 5.91 Å². The molecule has 0 radical (unpaired) electrons. The normalized spacial score (nSPS) is 12.6. The molecule has 1 unspecified atom stereocenters. The zero-order valence-corrected chi connectivity index (χ0v) is 15.8. The fourth-order valence-corrected chi connectivity index (χ4v) is 4.30. The lowest BCUT2D eigenvalue weighted by Gasteiger charge is -2.15. The van der Waals surface area contributed by atoms with E-state index in [-0.39, 0.29) is 5.69 Å². The molecular formula is C19H15F3N2OS2. The van der Waals surface area contributed by atoms with Crippen LogP contribution in [0.25, 0.3) is 11.3 Å². The number of carbonyl (C=O) groups is 1. The van der Waals surface area contributed by atoms with Crippen molar-refractivity contribution in [2.24, 2.45) is 0 Å². The molecule has 1 heterocycles. The molecule has 3 aromatic rings. The number of rotatable bonds is 5. The molecule has 27 heavy (non-hydrogen) atoms. The number of nitrogens with zero attached hydrogens (tertiary/aromatic N) is 1. The van der Waals surface area contributed by atoms with Gasteiger partial charge in [-0.15, -0.1) is 11.3 Å². The number of amides is 1. The molecule has 1 atom stereocenters. The average Bonchev–Trinajstić information content (AvgIpc) is 3.10. The number of thioether (sulfide) groups is 1. The first-order valence-electron chi connectivity index (χ1n) is 7.99. The number of alkyl halides is 3. The van der Waals surface area contributed by atoms with Gasteiger partial charge in [0.15, 0.2) is 4.34 Å². The second-order valence-corrected chi connectivity index (χ2v) is 8.10. The third-order valence-corrected chi connectivity index (χ3v) is 5.76. The van der Waals surface area contributed by atoms with E-state index in [0.29, 0.717) is 4.34 Å². The van der Waals surface area contributed by atoms with Crippen LogP contribution >= 0.6 is 23.1 Å². The Morgan fingerprint density at radius 3 is 2.48 bits per heavy atom. The zero-order chi connectivity index (χ0) is 19.4. The van der Waals surface area contributed by atoms with E-state index in [2.05, 4.69) is 10.3 Å². The van der Waals surface area contributed by atoms with Gasteiger partial charge in [-0.05, 0) is 19.1 Å². The molecule has 0 aliphatic heterocycles. The predicted octanol–water partition coefficient (Wildman–Crippen LogP) is 5.95. The molecule has 0 saturated carbocycles. The maximum Gasteiger partial charge on any atom is 0.418 e. The van der Waals surface area contributed by atoms with Crippen LogP contribution in [0.1, 0.15) is 12.5 Å². The van der Waals surface area contributed by atoms with Crippen molar-refractivity contribution in [3.8, 4) is 11.3 Å². The minimum Gasteiger partial charge on any atom is -0.325 e. The number of carbonyl (C=O) groups excluding carboxylic acids is 1. The fraction of sp³-hybridized carbons (Fsp3) is 0.158. The van der Waals surface area contributed by atoms with Crippen molar-refractivity contribution in [2.75, 3.05) is 5.32 Å². The number of thiazole rings is 1. The van der Waals surface area contributed by atoms with Crippen molar-refractivity contribution in [1.82, 2.24) is 4.98 Å². The second-order valence-electron chi connectivity index (χ2n) is 5.66. The van der Waals surface area contributed by atoms with Crippen LogP contribution in [0.2, 0.25) is 0 Å². The lowest BCUT2D eigenvalue weighted by atomic mass is 10.1. The number of benzene rings is 2. The summed E-state index contributed by atoms with van der Waals surface area (Å²) < 4.78 is 39.8. The summed E-state index contributed by atoms with van der Waals surface area (Å²) in [6, 6.07) is 14.5. The third-order valence-electron chi connectivity index (χ3n) is 3.69. The molecule has 0 spiro atoms. The number of hydrogen-bond acceptors (Lipinski definition) is 4. The van der Waals surface area contributed by atoms with Crippen LogP contribution in [0, 0.1) is 0 Å². The Morgan fingerprint density at radius 1 is 1.11 bits per heavy atom. The van der Waals surface area contributed by atoms with Crippen molar-refractivity contribution in [2.45, 2.75) is 22.7 Å². The van der Waals surface area contributed by atoms with E-state index in [9.17, 15) is 18.0 Å². The molecule has 1 amide bonds. The van der Waals surface area contributed by atoms with Crippen LogP contribution in [0.4, 0.5) is 18.9 Å². The lowest BCUT2D eigenvalue weighted by Crippen LogP contribution is -2.24. The monoisotopic (exact) mass is 408 g/mol. The number of para-hydroxylation sites is 1. The molecule has 1 N–H and O–H groups in total. The highest BCUT2D eigenvalue weighted by molar-refractivity contribution is 8.02. The number of anilines is 1. The average molecular weight is 408 g/mol. The van der Waals surface area contributed by atoms with Gasteiger partial charge in [0.05, 0.1) is 22.2 Å². The first kappa shape index (κ1) is 19.4. The Bertz CT molecular complexity index is 926. The van der Waals surface area contributed by atoms with Crippen LogP contribution in [-0.4, -0.2) is 16.1 Å². The topological polar surface area (TPSA) is 42.0 Å². The largest absolute Gasteiger partial charge is 0.418 e. The first-order chi connectivity index (χ1) is 12.8. The van der Waals surface area contributed by atoms with Gasteiger partial charge in [-0.1, -0.05) is 54.2 Å². The summed E-state index contributed by atoms with van der Waals surface area (Å²) in [5, 5.41) is 3.67. The number of hydrogen-bond donors (Lipinski definition) is 1. The minimum absolute atomic E-state index is 0.244. The highest BCUT2D eigenvalue weighted by atomic mass is 32.2. The van der Waals surface area contributed by atoms with E-state index in [0.717, 1.165) is 17.3 Å². The molecule has 0 aliphatic rings. The van der Waals surface area contributed by atoms with Crippen molar-refractivity contribution in [3.63, 3.8) is 0 Å². The van der Waals surface area contributed by atoms with Crippen LogP contribution in [0.15, 0.2) is 64.3 Å². The molecule has 8 heteroatoms. The molecule has 2 aromatic carbocycles. The van der Waals surface area contributed by atoms with E-state index in [1.54, 1.807) is 6.92 Å². The number of nitrogens with one attached hydrogen (secondary N) is 1. The summed E-state index contributed by atoms with van der Waals surface area (Å²) in [6.07, 6.45) is -4.53. The summed E-state index contributed by atoms with van der Waals surface area (Å²) in [6.45, 7) is 1.64. The van der Waals surface area contributed by atoms with E-state index >= 15 is 0 Å². The molecule has 140 valence electrons.